The number of pyridine rings is 1. The molecule has 1 atom stereocenters. The number of carbonyl (C=O) groups excluding carboxylic acids is 2. The first kappa shape index (κ1) is 22.5. The monoisotopic (exact) mass is 496 g/mol. The molecule has 0 saturated heterocycles. The molecule has 4 aromatic rings. The minimum absolute atomic E-state index is 0.147. The number of methoxy groups -OCH3 is 1. The Morgan fingerprint density at radius 3 is 2.69 bits per heavy atom. The normalized spacial score (nSPS) is 15.8. The summed E-state index contributed by atoms with van der Waals surface area (Å²) in [5.74, 6) is -4.56. The number of anilines is 1. The number of nitrogens with zero attached hydrogens (tertiary/aromatic N) is 2. The molecule has 5 rings (SSSR count). The van der Waals surface area contributed by atoms with Gasteiger partial charge in [-0.3, -0.25) is 19.5 Å². The molecule has 0 saturated carbocycles. The molecule has 35 heavy (non-hydrogen) atoms. The SMILES string of the molecule is COc1cc(Cl)cc2cc(C(=O)C3=C(O)C(=O)N(c4cc(F)ccc4F)C3c3ccccn3)oc12. The number of fused-ring (bicyclic) bond motifs is 1. The number of Topliss-reactive ketones (excluding diaryl/α,β-unsaturated/α-hetero) is 1. The van der Waals surface area contributed by atoms with Gasteiger partial charge in [0.1, 0.15) is 17.7 Å². The highest BCUT2D eigenvalue weighted by Gasteiger charge is 2.47. The summed E-state index contributed by atoms with van der Waals surface area (Å²) in [7, 11) is 1.40. The Kier molecular flexibility index (Phi) is 5.49. The van der Waals surface area contributed by atoms with E-state index in [-0.39, 0.29) is 22.8 Å². The minimum atomic E-state index is -1.36. The number of aliphatic hydroxyl groups is 1. The van der Waals surface area contributed by atoms with E-state index in [1.54, 1.807) is 18.2 Å². The van der Waals surface area contributed by atoms with E-state index in [1.807, 2.05) is 0 Å². The minimum Gasteiger partial charge on any atom is -0.503 e. The Balaban J connectivity index is 1.68. The molecule has 2 aromatic heterocycles. The predicted octanol–water partition coefficient (Wildman–Crippen LogP) is 5.55. The van der Waals surface area contributed by atoms with Crippen LogP contribution < -0.4 is 9.64 Å². The highest BCUT2D eigenvalue weighted by Crippen LogP contribution is 2.43. The highest BCUT2D eigenvalue weighted by atomic mass is 35.5. The van der Waals surface area contributed by atoms with Gasteiger partial charge in [-0.2, -0.15) is 0 Å². The van der Waals surface area contributed by atoms with Crippen molar-refractivity contribution >= 4 is 39.9 Å². The molecule has 0 fully saturated rings. The van der Waals surface area contributed by atoms with E-state index in [4.69, 9.17) is 20.8 Å². The smallest absolute Gasteiger partial charge is 0.294 e. The van der Waals surface area contributed by atoms with Crippen molar-refractivity contribution in [3.8, 4) is 5.75 Å². The molecule has 1 amide bonds. The third-order valence-electron chi connectivity index (χ3n) is 5.58. The number of benzene rings is 2. The number of amides is 1. The van der Waals surface area contributed by atoms with Gasteiger partial charge in [0, 0.05) is 28.7 Å². The third-order valence-corrected chi connectivity index (χ3v) is 5.80. The summed E-state index contributed by atoms with van der Waals surface area (Å²) in [5.41, 5.74) is -0.486. The van der Waals surface area contributed by atoms with Crippen LogP contribution in [0, 0.1) is 11.6 Å². The third kappa shape index (κ3) is 3.70. The van der Waals surface area contributed by atoms with Crippen molar-refractivity contribution in [1.29, 1.82) is 0 Å². The zero-order valence-electron chi connectivity index (χ0n) is 18.0. The lowest BCUT2D eigenvalue weighted by Gasteiger charge is -2.26. The van der Waals surface area contributed by atoms with E-state index in [9.17, 15) is 23.5 Å². The highest BCUT2D eigenvalue weighted by molar-refractivity contribution is 6.31. The molecule has 0 aliphatic carbocycles. The average Bonchev–Trinajstić information content (AvgIpc) is 3.39. The number of aromatic nitrogens is 1. The number of rotatable bonds is 5. The molecule has 1 N–H and O–H groups in total. The number of furan rings is 1. The summed E-state index contributed by atoms with van der Waals surface area (Å²) in [4.78, 5) is 31.7. The summed E-state index contributed by atoms with van der Waals surface area (Å²) in [6.07, 6.45) is 1.41. The second-order valence-corrected chi connectivity index (χ2v) is 8.09. The lowest BCUT2D eigenvalue weighted by Crippen LogP contribution is -2.32. The lowest BCUT2D eigenvalue weighted by atomic mass is 9.98. The first-order valence-corrected chi connectivity index (χ1v) is 10.6. The number of ketones is 1. The molecular formula is C25H15ClF2N2O5. The van der Waals surface area contributed by atoms with E-state index >= 15 is 0 Å². The van der Waals surface area contributed by atoms with Gasteiger partial charge in [-0.15, -0.1) is 0 Å². The Morgan fingerprint density at radius 1 is 1.17 bits per heavy atom. The second-order valence-electron chi connectivity index (χ2n) is 7.66. The van der Waals surface area contributed by atoms with Gasteiger partial charge < -0.3 is 14.3 Å². The van der Waals surface area contributed by atoms with Crippen molar-refractivity contribution < 1.29 is 32.6 Å². The van der Waals surface area contributed by atoms with Gasteiger partial charge in [0.05, 0.1) is 24.1 Å². The molecule has 1 aliphatic heterocycles. The summed E-state index contributed by atoms with van der Waals surface area (Å²) in [5, 5.41) is 11.6. The van der Waals surface area contributed by atoms with Gasteiger partial charge in [-0.1, -0.05) is 17.7 Å². The summed E-state index contributed by atoms with van der Waals surface area (Å²) in [6, 6.07) is 10.3. The molecule has 1 aliphatic rings. The van der Waals surface area contributed by atoms with E-state index in [1.165, 1.54) is 31.5 Å². The molecule has 0 bridgehead atoms. The fourth-order valence-corrected chi connectivity index (χ4v) is 4.27. The van der Waals surface area contributed by atoms with Crippen LogP contribution >= 0.6 is 11.6 Å². The lowest BCUT2D eigenvalue weighted by molar-refractivity contribution is -0.117. The molecule has 176 valence electrons. The van der Waals surface area contributed by atoms with Crippen molar-refractivity contribution in [2.24, 2.45) is 0 Å². The largest absolute Gasteiger partial charge is 0.503 e. The molecule has 1 unspecified atom stereocenters. The number of halogens is 3. The number of hydrogen-bond donors (Lipinski definition) is 1. The number of hydrogen-bond acceptors (Lipinski definition) is 6. The first-order chi connectivity index (χ1) is 16.8. The van der Waals surface area contributed by atoms with Crippen LogP contribution in [0.15, 0.2) is 76.5 Å². The van der Waals surface area contributed by atoms with Gasteiger partial charge in [0.15, 0.2) is 22.9 Å². The Bertz CT molecular complexity index is 1530. The first-order valence-electron chi connectivity index (χ1n) is 10.2. The van der Waals surface area contributed by atoms with Crippen LogP contribution in [-0.2, 0) is 4.79 Å². The Hall–Kier alpha value is -4.24. The van der Waals surface area contributed by atoms with Crippen molar-refractivity contribution in [2.75, 3.05) is 12.0 Å². The maximum absolute atomic E-state index is 14.7. The fraction of sp³-hybridized carbons (Fsp3) is 0.0800. The van der Waals surface area contributed by atoms with Gasteiger partial charge in [0.25, 0.3) is 5.91 Å². The topological polar surface area (TPSA) is 92.9 Å². The van der Waals surface area contributed by atoms with E-state index in [0.29, 0.717) is 10.4 Å². The number of carbonyl (C=O) groups is 2. The van der Waals surface area contributed by atoms with Gasteiger partial charge >= 0.3 is 0 Å². The Morgan fingerprint density at radius 2 is 1.97 bits per heavy atom. The maximum Gasteiger partial charge on any atom is 0.294 e. The van der Waals surface area contributed by atoms with E-state index < -0.39 is 46.4 Å². The molecule has 3 heterocycles. The maximum atomic E-state index is 14.7. The van der Waals surface area contributed by atoms with Gasteiger partial charge in [-0.25, -0.2) is 8.78 Å². The second kappa shape index (κ2) is 8.52. The van der Waals surface area contributed by atoms with Crippen LogP contribution in [0.5, 0.6) is 5.75 Å². The summed E-state index contributed by atoms with van der Waals surface area (Å²) >= 11 is 6.10. The van der Waals surface area contributed by atoms with Gasteiger partial charge in [0.2, 0.25) is 5.78 Å². The van der Waals surface area contributed by atoms with Crippen molar-refractivity contribution in [3.05, 3.63) is 100 Å². The van der Waals surface area contributed by atoms with Crippen LogP contribution in [-0.4, -0.2) is 28.9 Å². The fourth-order valence-electron chi connectivity index (χ4n) is 4.06. The summed E-state index contributed by atoms with van der Waals surface area (Å²) in [6.45, 7) is 0. The average molecular weight is 497 g/mol. The van der Waals surface area contributed by atoms with Crippen LogP contribution in [0.1, 0.15) is 22.3 Å². The number of ether oxygens (including phenoxy) is 1. The molecule has 0 spiro atoms. The van der Waals surface area contributed by atoms with Crippen LogP contribution in [0.2, 0.25) is 5.02 Å². The molecule has 7 nitrogen and oxygen atoms in total. The standard InChI is InChI=1S/C25H15ClF2N2O5/c1-34-19-10-13(26)8-12-9-18(35-24(12)19)22(31)20-21(16-4-2-3-7-29-16)30(25(33)23(20)32)17-11-14(27)5-6-15(17)28/h2-11,21,32H,1H3. The predicted molar refractivity (Wildman–Crippen MR) is 123 cm³/mol. The molecule has 2 aromatic carbocycles. The quantitative estimate of drug-likeness (QED) is 0.364. The van der Waals surface area contributed by atoms with E-state index in [2.05, 4.69) is 4.98 Å². The van der Waals surface area contributed by atoms with Crippen LogP contribution in [0.3, 0.4) is 0 Å². The molecular weight excluding hydrogens is 482 g/mol. The zero-order chi connectivity index (χ0) is 24.9. The number of aliphatic hydroxyl groups excluding tert-OH is 1. The zero-order valence-corrected chi connectivity index (χ0v) is 18.7. The van der Waals surface area contributed by atoms with Gasteiger partial charge in [-0.05, 0) is 36.4 Å². The molecule has 10 heteroatoms. The molecule has 0 radical (unpaired) electrons. The van der Waals surface area contributed by atoms with E-state index in [0.717, 1.165) is 23.1 Å². The van der Waals surface area contributed by atoms with Crippen LogP contribution in [0.4, 0.5) is 14.5 Å². The Labute approximate surface area is 201 Å². The van der Waals surface area contributed by atoms with Crippen molar-refractivity contribution in [1.82, 2.24) is 4.98 Å². The summed E-state index contributed by atoms with van der Waals surface area (Å²) < 4.78 is 39.7. The van der Waals surface area contributed by atoms with Crippen molar-refractivity contribution in [2.45, 2.75) is 6.04 Å². The van der Waals surface area contributed by atoms with Crippen molar-refractivity contribution in [3.63, 3.8) is 0 Å². The van der Waals surface area contributed by atoms with Crippen LogP contribution in [0.25, 0.3) is 11.0 Å².